The summed E-state index contributed by atoms with van der Waals surface area (Å²) in [5.41, 5.74) is 1.12. The van der Waals surface area contributed by atoms with Crippen molar-refractivity contribution in [1.82, 2.24) is 20.5 Å². The van der Waals surface area contributed by atoms with Gasteiger partial charge in [-0.25, -0.2) is 4.98 Å². The Morgan fingerprint density at radius 2 is 1.93 bits per heavy atom. The van der Waals surface area contributed by atoms with Crippen LogP contribution in [0.4, 0.5) is 0 Å². The van der Waals surface area contributed by atoms with Crippen LogP contribution in [0.15, 0.2) is 23.3 Å². The van der Waals surface area contributed by atoms with Gasteiger partial charge >= 0.3 is 0 Å². The number of hydrogen-bond donors (Lipinski definition) is 2. The van der Waals surface area contributed by atoms with Crippen LogP contribution in [0, 0.1) is 5.92 Å². The van der Waals surface area contributed by atoms with E-state index in [0.717, 1.165) is 18.1 Å². The number of methoxy groups -OCH3 is 1. The van der Waals surface area contributed by atoms with Crippen molar-refractivity contribution in [3.63, 3.8) is 0 Å². The number of hydrogen-bond acceptors (Lipinski definition) is 4. The summed E-state index contributed by atoms with van der Waals surface area (Å²) in [6, 6.07) is 4.46. The number of likely N-dealkylation sites (tertiary alicyclic amines) is 1. The van der Waals surface area contributed by atoms with E-state index in [-0.39, 0.29) is 24.0 Å². The lowest BCUT2D eigenvalue weighted by molar-refractivity contribution is 0.161. The van der Waals surface area contributed by atoms with Gasteiger partial charge in [0.1, 0.15) is 0 Å². The number of nitrogens with zero attached hydrogens (tertiary/aromatic N) is 3. The molecule has 1 aliphatic heterocycles. The number of ether oxygens (including phenoxy) is 1. The van der Waals surface area contributed by atoms with Crippen LogP contribution >= 0.6 is 24.0 Å². The first-order valence-corrected chi connectivity index (χ1v) is 9.81. The predicted molar refractivity (Wildman–Crippen MR) is 123 cm³/mol. The van der Waals surface area contributed by atoms with E-state index < -0.39 is 0 Å². The average molecular weight is 489 g/mol. The minimum Gasteiger partial charge on any atom is -0.481 e. The van der Waals surface area contributed by atoms with E-state index in [1.807, 2.05) is 19.2 Å². The molecule has 1 aromatic heterocycles. The summed E-state index contributed by atoms with van der Waals surface area (Å²) in [4.78, 5) is 11.2. The lowest BCUT2D eigenvalue weighted by atomic mass is 10.0. The number of aliphatic imine (C=N–C) groups is 1. The van der Waals surface area contributed by atoms with Gasteiger partial charge in [0, 0.05) is 38.4 Å². The Bertz CT molecular complexity index is 559. The molecule has 2 rings (SSSR count). The number of guanidine groups is 1. The standard InChI is InChI=1S/C20H35N5O.HI/c1-16(2)18(25-11-7-5-6-8-12-25)15-24-20(21-3)23-14-17-9-10-22-19(13-17)26-4;/h9-10,13,16,18H,5-8,11-12,14-15H2,1-4H3,(H2,21,23,24);1H. The normalized spacial score (nSPS) is 17.0. The van der Waals surface area contributed by atoms with Gasteiger partial charge in [0.2, 0.25) is 5.88 Å². The maximum atomic E-state index is 5.18. The molecule has 154 valence electrons. The Kier molecular flexibility index (Phi) is 11.7. The van der Waals surface area contributed by atoms with Crippen molar-refractivity contribution < 1.29 is 4.74 Å². The number of pyridine rings is 1. The monoisotopic (exact) mass is 489 g/mol. The van der Waals surface area contributed by atoms with Crippen LogP contribution in [0.2, 0.25) is 0 Å². The molecule has 27 heavy (non-hydrogen) atoms. The quantitative estimate of drug-likeness (QED) is 0.350. The van der Waals surface area contributed by atoms with Crippen molar-refractivity contribution >= 4 is 29.9 Å². The first-order valence-electron chi connectivity index (χ1n) is 9.81. The molecule has 0 spiro atoms. The Hall–Kier alpha value is -1.09. The van der Waals surface area contributed by atoms with Crippen molar-refractivity contribution in [2.45, 2.75) is 52.1 Å². The Balaban J connectivity index is 0.00000364. The number of rotatable bonds is 7. The molecule has 0 aromatic carbocycles. The van der Waals surface area contributed by atoms with Gasteiger partial charge in [-0.05, 0) is 43.5 Å². The van der Waals surface area contributed by atoms with Crippen LogP contribution in [0.1, 0.15) is 45.1 Å². The smallest absolute Gasteiger partial charge is 0.213 e. The highest BCUT2D eigenvalue weighted by atomic mass is 127. The predicted octanol–water partition coefficient (Wildman–Crippen LogP) is 3.27. The van der Waals surface area contributed by atoms with Crippen molar-refractivity contribution in [3.8, 4) is 5.88 Å². The van der Waals surface area contributed by atoms with Crippen molar-refractivity contribution in [3.05, 3.63) is 23.9 Å². The maximum absolute atomic E-state index is 5.18. The number of aromatic nitrogens is 1. The molecule has 2 heterocycles. The summed E-state index contributed by atoms with van der Waals surface area (Å²) in [5.74, 6) is 2.08. The summed E-state index contributed by atoms with van der Waals surface area (Å²) in [7, 11) is 3.45. The Labute approximate surface area is 181 Å². The van der Waals surface area contributed by atoms with E-state index >= 15 is 0 Å². The molecular formula is C20H36IN5O. The van der Waals surface area contributed by atoms with Crippen molar-refractivity contribution in [2.75, 3.05) is 33.8 Å². The number of nitrogens with one attached hydrogen (secondary N) is 2. The van der Waals surface area contributed by atoms with Gasteiger partial charge < -0.3 is 15.4 Å². The van der Waals surface area contributed by atoms with Gasteiger partial charge in [-0.1, -0.05) is 26.7 Å². The fourth-order valence-corrected chi connectivity index (χ4v) is 3.49. The van der Waals surface area contributed by atoms with Gasteiger partial charge in [-0.2, -0.15) is 0 Å². The largest absolute Gasteiger partial charge is 0.481 e. The zero-order valence-electron chi connectivity index (χ0n) is 17.2. The summed E-state index contributed by atoms with van der Waals surface area (Å²) in [6.45, 7) is 8.67. The van der Waals surface area contributed by atoms with Gasteiger partial charge in [0.25, 0.3) is 0 Å². The Morgan fingerprint density at radius 1 is 1.22 bits per heavy atom. The van der Waals surface area contributed by atoms with E-state index in [2.05, 4.69) is 39.4 Å². The third-order valence-electron chi connectivity index (χ3n) is 5.05. The summed E-state index contributed by atoms with van der Waals surface area (Å²) in [6.07, 6.45) is 7.14. The molecule has 0 aliphatic carbocycles. The number of halogens is 1. The average Bonchev–Trinajstić information content (AvgIpc) is 2.93. The van der Waals surface area contributed by atoms with E-state index in [4.69, 9.17) is 4.74 Å². The first-order chi connectivity index (χ1) is 12.6. The fraction of sp³-hybridized carbons (Fsp3) is 0.700. The van der Waals surface area contributed by atoms with E-state index in [1.165, 1.54) is 38.8 Å². The van der Waals surface area contributed by atoms with Crippen LogP contribution < -0.4 is 15.4 Å². The highest BCUT2D eigenvalue weighted by Crippen LogP contribution is 2.17. The highest BCUT2D eigenvalue weighted by molar-refractivity contribution is 14.0. The summed E-state index contributed by atoms with van der Waals surface area (Å²) in [5, 5.41) is 6.90. The molecule has 0 saturated carbocycles. The molecule has 1 unspecified atom stereocenters. The second kappa shape index (κ2) is 13.1. The minimum absolute atomic E-state index is 0. The van der Waals surface area contributed by atoms with E-state index in [1.54, 1.807) is 13.3 Å². The zero-order chi connectivity index (χ0) is 18.8. The second-order valence-corrected chi connectivity index (χ2v) is 7.27. The third kappa shape index (κ3) is 8.21. The van der Waals surface area contributed by atoms with E-state index in [9.17, 15) is 0 Å². The molecule has 6 nitrogen and oxygen atoms in total. The molecule has 0 amide bonds. The lowest BCUT2D eigenvalue weighted by Gasteiger charge is -2.34. The van der Waals surface area contributed by atoms with Gasteiger partial charge in [-0.3, -0.25) is 9.89 Å². The van der Waals surface area contributed by atoms with Crippen molar-refractivity contribution in [1.29, 1.82) is 0 Å². The van der Waals surface area contributed by atoms with Crippen LogP contribution in [-0.4, -0.2) is 55.7 Å². The molecule has 1 atom stereocenters. The molecule has 7 heteroatoms. The highest BCUT2D eigenvalue weighted by Gasteiger charge is 2.22. The van der Waals surface area contributed by atoms with E-state index in [0.29, 0.717) is 24.4 Å². The molecule has 0 bridgehead atoms. The van der Waals surface area contributed by atoms with Crippen molar-refractivity contribution in [2.24, 2.45) is 10.9 Å². The molecule has 0 radical (unpaired) electrons. The second-order valence-electron chi connectivity index (χ2n) is 7.27. The molecule has 1 aromatic rings. The van der Waals surface area contributed by atoms with Crippen LogP contribution in [0.3, 0.4) is 0 Å². The molecule has 1 aliphatic rings. The van der Waals surface area contributed by atoms with Crippen LogP contribution in [0.25, 0.3) is 0 Å². The lowest BCUT2D eigenvalue weighted by Crippen LogP contribution is -2.49. The fourth-order valence-electron chi connectivity index (χ4n) is 3.49. The molecular weight excluding hydrogens is 453 g/mol. The van der Waals surface area contributed by atoms with Crippen LogP contribution in [-0.2, 0) is 6.54 Å². The summed E-state index contributed by atoms with van der Waals surface area (Å²) < 4.78 is 5.18. The summed E-state index contributed by atoms with van der Waals surface area (Å²) >= 11 is 0. The molecule has 1 fully saturated rings. The topological polar surface area (TPSA) is 61.8 Å². The van der Waals surface area contributed by atoms with Gasteiger partial charge in [-0.15, -0.1) is 24.0 Å². The SMILES string of the molecule is CN=C(NCc1ccnc(OC)c1)NCC(C(C)C)N1CCCCCC1.I. The third-order valence-corrected chi connectivity index (χ3v) is 5.05. The first kappa shape index (κ1) is 23.9. The van der Waals surface area contributed by atoms with Crippen LogP contribution in [0.5, 0.6) is 5.88 Å². The van der Waals surface area contributed by atoms with Gasteiger partial charge in [0.15, 0.2) is 5.96 Å². The maximum Gasteiger partial charge on any atom is 0.213 e. The minimum atomic E-state index is 0. The zero-order valence-corrected chi connectivity index (χ0v) is 19.5. The molecule has 1 saturated heterocycles. The van der Waals surface area contributed by atoms with Gasteiger partial charge in [0.05, 0.1) is 7.11 Å². The molecule has 2 N–H and O–H groups in total. The Morgan fingerprint density at radius 3 is 2.52 bits per heavy atom.